The molecule has 3 aromatic rings. The van der Waals surface area contributed by atoms with E-state index in [0.717, 1.165) is 28.1 Å². The van der Waals surface area contributed by atoms with E-state index in [9.17, 15) is 9.59 Å². The van der Waals surface area contributed by atoms with Gasteiger partial charge >= 0.3 is 0 Å². The number of thioether (sulfide) groups is 1. The monoisotopic (exact) mass is 383 g/mol. The van der Waals surface area contributed by atoms with Crippen LogP contribution in [0.3, 0.4) is 0 Å². The van der Waals surface area contributed by atoms with Crippen molar-refractivity contribution in [1.82, 2.24) is 9.97 Å². The van der Waals surface area contributed by atoms with E-state index in [1.165, 1.54) is 35.5 Å². The van der Waals surface area contributed by atoms with E-state index in [-0.39, 0.29) is 17.4 Å². The van der Waals surface area contributed by atoms with Crippen LogP contribution < -0.4 is 5.32 Å². The first kappa shape index (κ1) is 17.2. The molecule has 1 amide bonds. The van der Waals surface area contributed by atoms with Gasteiger partial charge < -0.3 is 5.32 Å². The van der Waals surface area contributed by atoms with Crippen LogP contribution in [0.25, 0.3) is 10.2 Å². The molecule has 0 aliphatic heterocycles. The van der Waals surface area contributed by atoms with Crippen LogP contribution in [0.5, 0.6) is 0 Å². The van der Waals surface area contributed by atoms with Gasteiger partial charge in [0.15, 0.2) is 5.78 Å². The fourth-order valence-electron chi connectivity index (χ4n) is 3.23. The molecule has 0 spiro atoms. The second kappa shape index (κ2) is 7.17. The molecule has 0 fully saturated rings. The van der Waals surface area contributed by atoms with Gasteiger partial charge in [0.25, 0.3) is 0 Å². The number of carbonyl (C=O) groups excluding carboxylic acids is 2. The number of Topliss-reactive ketones (excluding diaryl/α,β-unsaturated/α-hetero) is 1. The highest BCUT2D eigenvalue weighted by atomic mass is 32.2. The molecule has 1 N–H and O–H groups in total. The summed E-state index contributed by atoms with van der Waals surface area (Å²) in [6.45, 7) is 1.49. The highest BCUT2D eigenvalue weighted by molar-refractivity contribution is 8.00. The molecule has 4 rings (SSSR count). The molecule has 26 heavy (non-hydrogen) atoms. The molecule has 2 heterocycles. The Labute approximate surface area is 159 Å². The summed E-state index contributed by atoms with van der Waals surface area (Å²) in [5.41, 5.74) is 2.43. The van der Waals surface area contributed by atoms with Crippen molar-refractivity contribution >= 4 is 50.7 Å². The van der Waals surface area contributed by atoms with Crippen LogP contribution in [-0.4, -0.2) is 27.4 Å². The van der Waals surface area contributed by atoms with Crippen molar-refractivity contribution in [3.8, 4) is 0 Å². The van der Waals surface area contributed by atoms with Gasteiger partial charge in [0, 0.05) is 15.8 Å². The minimum Gasteiger partial charge on any atom is -0.325 e. The number of nitrogens with one attached hydrogen (secondary N) is 1. The van der Waals surface area contributed by atoms with Gasteiger partial charge in [0.1, 0.15) is 16.2 Å². The first-order valence-electron chi connectivity index (χ1n) is 8.41. The van der Waals surface area contributed by atoms with E-state index in [0.29, 0.717) is 11.3 Å². The van der Waals surface area contributed by atoms with Gasteiger partial charge in [-0.25, -0.2) is 9.97 Å². The van der Waals surface area contributed by atoms with E-state index in [4.69, 9.17) is 0 Å². The molecule has 1 aliphatic rings. The first-order valence-corrected chi connectivity index (χ1v) is 10.2. The lowest BCUT2D eigenvalue weighted by Gasteiger charge is -2.09. The average Bonchev–Trinajstić information content (AvgIpc) is 3.21. The zero-order valence-electron chi connectivity index (χ0n) is 14.2. The number of hydrogen-bond donors (Lipinski definition) is 1. The Morgan fingerprint density at radius 1 is 1.23 bits per heavy atom. The zero-order chi connectivity index (χ0) is 18.1. The zero-order valence-corrected chi connectivity index (χ0v) is 15.9. The number of amides is 1. The topological polar surface area (TPSA) is 72.0 Å². The van der Waals surface area contributed by atoms with Crippen molar-refractivity contribution in [3.63, 3.8) is 0 Å². The molecule has 1 aromatic carbocycles. The lowest BCUT2D eigenvalue weighted by atomic mass is 10.1. The molecular formula is C19H17N3O2S2. The summed E-state index contributed by atoms with van der Waals surface area (Å²) in [6, 6.07) is 7.05. The smallest absolute Gasteiger partial charge is 0.234 e. The second-order valence-electron chi connectivity index (χ2n) is 6.15. The Kier molecular flexibility index (Phi) is 4.74. The number of ketones is 1. The third-order valence-corrected chi connectivity index (χ3v) is 6.58. The Hall–Kier alpha value is -2.25. The van der Waals surface area contributed by atoms with Crippen LogP contribution in [0.15, 0.2) is 35.6 Å². The maximum atomic E-state index is 12.4. The number of rotatable bonds is 5. The van der Waals surface area contributed by atoms with Crippen molar-refractivity contribution in [2.24, 2.45) is 0 Å². The number of thiophene rings is 1. The summed E-state index contributed by atoms with van der Waals surface area (Å²) in [6.07, 6.45) is 4.93. The van der Waals surface area contributed by atoms with Crippen LogP contribution in [0.4, 0.5) is 5.69 Å². The minimum atomic E-state index is -0.151. The number of aryl methyl sites for hydroxylation is 2. The number of aromatic nitrogens is 2. The van der Waals surface area contributed by atoms with E-state index in [1.54, 1.807) is 41.9 Å². The fourth-order valence-corrected chi connectivity index (χ4v) is 5.35. The highest BCUT2D eigenvalue weighted by Gasteiger charge is 2.21. The summed E-state index contributed by atoms with van der Waals surface area (Å²) < 4.78 is 0. The Morgan fingerprint density at radius 2 is 2.08 bits per heavy atom. The molecule has 0 bridgehead atoms. The van der Waals surface area contributed by atoms with Crippen molar-refractivity contribution in [1.29, 1.82) is 0 Å². The SMILES string of the molecule is CC(=O)c1ccccc1NC(=O)CSc1ncnc2sc3c(c12)CCC3. The molecule has 7 heteroatoms. The molecule has 1 aliphatic carbocycles. The number of anilines is 1. The quantitative estimate of drug-likeness (QED) is 0.408. The van der Waals surface area contributed by atoms with Crippen LogP contribution in [-0.2, 0) is 17.6 Å². The lowest BCUT2D eigenvalue weighted by molar-refractivity contribution is -0.113. The van der Waals surface area contributed by atoms with Gasteiger partial charge in [0.05, 0.1) is 11.4 Å². The molecule has 0 unspecified atom stereocenters. The largest absolute Gasteiger partial charge is 0.325 e. The average molecular weight is 383 g/mol. The molecule has 0 saturated heterocycles. The first-order chi connectivity index (χ1) is 12.6. The van der Waals surface area contributed by atoms with Crippen LogP contribution in [0, 0.1) is 0 Å². The van der Waals surface area contributed by atoms with Gasteiger partial charge in [-0.1, -0.05) is 23.9 Å². The summed E-state index contributed by atoms with van der Waals surface area (Å²) in [7, 11) is 0. The maximum absolute atomic E-state index is 12.4. The highest BCUT2D eigenvalue weighted by Crippen LogP contribution is 2.39. The number of nitrogens with zero attached hydrogens (tertiary/aromatic N) is 2. The summed E-state index contributed by atoms with van der Waals surface area (Å²) in [4.78, 5) is 35.3. The number of hydrogen-bond acceptors (Lipinski definition) is 6. The van der Waals surface area contributed by atoms with Crippen LogP contribution >= 0.6 is 23.1 Å². The molecule has 5 nitrogen and oxygen atoms in total. The van der Waals surface area contributed by atoms with Gasteiger partial charge in [0.2, 0.25) is 5.91 Å². The van der Waals surface area contributed by atoms with E-state index >= 15 is 0 Å². The van der Waals surface area contributed by atoms with Crippen LogP contribution in [0.1, 0.15) is 34.1 Å². The van der Waals surface area contributed by atoms with Crippen molar-refractivity contribution in [2.45, 2.75) is 31.2 Å². The lowest BCUT2D eigenvalue weighted by Crippen LogP contribution is -2.16. The Morgan fingerprint density at radius 3 is 2.92 bits per heavy atom. The maximum Gasteiger partial charge on any atom is 0.234 e. The number of fused-ring (bicyclic) bond motifs is 3. The van der Waals surface area contributed by atoms with Gasteiger partial charge in [-0.3, -0.25) is 9.59 Å². The third-order valence-electron chi connectivity index (χ3n) is 4.39. The molecule has 0 saturated carbocycles. The minimum absolute atomic E-state index is 0.0695. The number of carbonyl (C=O) groups is 2. The number of para-hydroxylation sites is 1. The molecular weight excluding hydrogens is 366 g/mol. The summed E-state index contributed by atoms with van der Waals surface area (Å²) in [5, 5.41) is 4.82. The summed E-state index contributed by atoms with van der Waals surface area (Å²) >= 11 is 3.16. The number of benzene rings is 1. The van der Waals surface area contributed by atoms with Crippen LogP contribution in [0.2, 0.25) is 0 Å². The Bertz CT molecular complexity index is 1010. The molecule has 2 aromatic heterocycles. The predicted molar refractivity (Wildman–Crippen MR) is 105 cm³/mol. The van der Waals surface area contributed by atoms with Crippen molar-refractivity contribution in [2.75, 3.05) is 11.1 Å². The normalized spacial score (nSPS) is 13.0. The standard InChI is InChI=1S/C19H17N3O2S2/c1-11(23)12-5-2-3-7-14(12)22-16(24)9-25-18-17-13-6-4-8-15(13)26-19(17)21-10-20-18/h2-3,5,7,10H,4,6,8-9H2,1H3,(H,22,24). The summed E-state index contributed by atoms with van der Waals surface area (Å²) in [5.74, 6) is 0.0189. The van der Waals surface area contributed by atoms with Gasteiger partial charge in [-0.05, 0) is 43.9 Å². The Balaban J connectivity index is 1.51. The van der Waals surface area contributed by atoms with Crippen molar-refractivity contribution in [3.05, 3.63) is 46.6 Å². The van der Waals surface area contributed by atoms with E-state index < -0.39 is 0 Å². The molecule has 0 radical (unpaired) electrons. The van der Waals surface area contributed by atoms with E-state index in [2.05, 4.69) is 15.3 Å². The second-order valence-corrected chi connectivity index (χ2v) is 8.20. The fraction of sp³-hybridized carbons (Fsp3) is 0.263. The molecule has 0 atom stereocenters. The predicted octanol–water partition coefficient (Wildman–Crippen LogP) is 4.11. The van der Waals surface area contributed by atoms with Crippen molar-refractivity contribution < 1.29 is 9.59 Å². The van der Waals surface area contributed by atoms with Gasteiger partial charge in [-0.2, -0.15) is 0 Å². The van der Waals surface area contributed by atoms with E-state index in [1.807, 2.05) is 0 Å². The third kappa shape index (κ3) is 3.24. The van der Waals surface area contributed by atoms with Gasteiger partial charge in [-0.15, -0.1) is 11.3 Å². The molecule has 132 valence electrons.